The molecule has 4 heterocycles. The predicted molar refractivity (Wildman–Crippen MR) is 167 cm³/mol. The highest BCUT2D eigenvalue weighted by atomic mass is 35.5. The Morgan fingerprint density at radius 1 is 1.02 bits per heavy atom. The lowest BCUT2D eigenvalue weighted by atomic mass is 9.91. The summed E-state index contributed by atoms with van der Waals surface area (Å²) in [6.45, 7) is 5.80. The number of carbonyl (C=O) groups excluding carboxylic acids is 1. The van der Waals surface area contributed by atoms with Crippen molar-refractivity contribution in [2.24, 2.45) is 0 Å². The SMILES string of the molecule is Cc1ccc(Cl)cc1CN1CCNc2ncc(-c3ccc(C(=O)N4CCC(c5noc6cc(F)ccc56)CC4)cc3)cc21. The molecule has 3 aromatic carbocycles. The standard InChI is InChI=1S/C34H31ClFN5O2/c1-21-2-7-27(35)16-26(21)20-41-15-12-37-33-30(41)17-25(19-38-33)22-3-5-24(6-4-22)34(42)40-13-10-23(11-14-40)32-29-9-8-28(36)18-31(29)43-39-32/h2-9,16-19,23H,10-15,20H2,1H3,(H,37,38). The summed E-state index contributed by atoms with van der Waals surface area (Å²) in [7, 11) is 0. The van der Waals surface area contributed by atoms with Crippen LogP contribution < -0.4 is 10.2 Å². The average molecular weight is 596 g/mol. The van der Waals surface area contributed by atoms with Crippen LogP contribution in [0.4, 0.5) is 15.9 Å². The lowest BCUT2D eigenvalue weighted by Gasteiger charge is -2.32. The molecule has 0 radical (unpaired) electrons. The fourth-order valence-electron chi connectivity index (χ4n) is 6.17. The lowest BCUT2D eigenvalue weighted by Crippen LogP contribution is -2.38. The molecule has 1 N–H and O–H groups in total. The van der Waals surface area contributed by atoms with Gasteiger partial charge >= 0.3 is 0 Å². The van der Waals surface area contributed by atoms with Gasteiger partial charge in [0, 0.05) is 72.4 Å². The Hall–Kier alpha value is -4.43. The number of anilines is 2. The number of nitrogens with zero attached hydrogens (tertiary/aromatic N) is 4. The Labute approximate surface area is 254 Å². The van der Waals surface area contributed by atoms with Gasteiger partial charge in [-0.15, -0.1) is 0 Å². The van der Waals surface area contributed by atoms with E-state index < -0.39 is 0 Å². The predicted octanol–water partition coefficient (Wildman–Crippen LogP) is 7.44. The number of carbonyl (C=O) groups is 1. The van der Waals surface area contributed by atoms with Crippen LogP contribution in [0.2, 0.25) is 5.02 Å². The number of pyridine rings is 1. The first-order chi connectivity index (χ1) is 20.9. The smallest absolute Gasteiger partial charge is 0.253 e. The minimum absolute atomic E-state index is 0.0212. The summed E-state index contributed by atoms with van der Waals surface area (Å²) in [6.07, 6.45) is 3.44. The van der Waals surface area contributed by atoms with Crippen LogP contribution in [0.25, 0.3) is 22.1 Å². The Morgan fingerprint density at radius 2 is 1.84 bits per heavy atom. The second-order valence-electron chi connectivity index (χ2n) is 11.4. The average Bonchev–Trinajstić information content (AvgIpc) is 3.45. The number of rotatable bonds is 5. The maximum absolute atomic E-state index is 13.5. The third-order valence-electron chi connectivity index (χ3n) is 8.65. The topological polar surface area (TPSA) is 74.5 Å². The molecular weight excluding hydrogens is 565 g/mol. The fourth-order valence-corrected chi connectivity index (χ4v) is 6.36. The monoisotopic (exact) mass is 595 g/mol. The maximum Gasteiger partial charge on any atom is 0.253 e. The van der Waals surface area contributed by atoms with Gasteiger partial charge in [-0.25, -0.2) is 9.37 Å². The molecule has 0 atom stereocenters. The molecule has 218 valence electrons. The van der Waals surface area contributed by atoms with Gasteiger partial charge < -0.3 is 19.6 Å². The largest absolute Gasteiger partial charge is 0.367 e. The number of aryl methyl sites for hydroxylation is 1. The van der Waals surface area contributed by atoms with Gasteiger partial charge in [-0.2, -0.15) is 0 Å². The lowest BCUT2D eigenvalue weighted by molar-refractivity contribution is 0.0712. The van der Waals surface area contributed by atoms with Gasteiger partial charge in [-0.3, -0.25) is 4.79 Å². The second kappa shape index (κ2) is 11.3. The van der Waals surface area contributed by atoms with E-state index >= 15 is 0 Å². The van der Waals surface area contributed by atoms with Crippen LogP contribution in [-0.4, -0.2) is 47.1 Å². The number of hydrogen-bond acceptors (Lipinski definition) is 6. The summed E-state index contributed by atoms with van der Waals surface area (Å²) in [5, 5.41) is 9.22. The molecule has 0 saturated carbocycles. The molecule has 0 spiro atoms. The number of aromatic nitrogens is 2. The highest BCUT2D eigenvalue weighted by Gasteiger charge is 2.28. The Kier molecular flexibility index (Phi) is 7.23. The molecule has 43 heavy (non-hydrogen) atoms. The van der Waals surface area contributed by atoms with Crippen LogP contribution >= 0.6 is 11.6 Å². The van der Waals surface area contributed by atoms with Crippen molar-refractivity contribution in [1.82, 2.24) is 15.0 Å². The number of benzene rings is 3. The number of fused-ring (bicyclic) bond motifs is 2. The van der Waals surface area contributed by atoms with Crippen LogP contribution in [0, 0.1) is 12.7 Å². The zero-order valence-corrected chi connectivity index (χ0v) is 24.6. The minimum Gasteiger partial charge on any atom is -0.367 e. The summed E-state index contributed by atoms with van der Waals surface area (Å²) in [4.78, 5) is 22.3. The zero-order chi connectivity index (χ0) is 29.5. The molecule has 0 bridgehead atoms. The molecule has 2 aliphatic rings. The minimum atomic E-state index is -0.340. The van der Waals surface area contributed by atoms with E-state index in [1.807, 2.05) is 47.5 Å². The van der Waals surface area contributed by atoms with Crippen LogP contribution in [-0.2, 0) is 6.54 Å². The number of nitrogens with one attached hydrogen (secondary N) is 1. The van der Waals surface area contributed by atoms with Crippen LogP contribution in [0.3, 0.4) is 0 Å². The first-order valence-electron chi connectivity index (χ1n) is 14.6. The molecule has 7 nitrogen and oxygen atoms in total. The van der Waals surface area contributed by atoms with E-state index in [9.17, 15) is 9.18 Å². The van der Waals surface area contributed by atoms with Crippen molar-refractivity contribution in [3.63, 3.8) is 0 Å². The van der Waals surface area contributed by atoms with E-state index in [-0.39, 0.29) is 17.6 Å². The Bertz CT molecular complexity index is 1810. The van der Waals surface area contributed by atoms with Gasteiger partial charge in [0.05, 0.1) is 11.4 Å². The first-order valence-corrected chi connectivity index (χ1v) is 15.0. The summed E-state index contributed by atoms with van der Waals surface area (Å²) in [5.74, 6) is 0.724. The Morgan fingerprint density at radius 3 is 2.65 bits per heavy atom. The third kappa shape index (κ3) is 5.43. The molecular formula is C34H31ClFN5O2. The maximum atomic E-state index is 13.5. The zero-order valence-electron chi connectivity index (χ0n) is 23.8. The molecule has 7 rings (SSSR count). The van der Waals surface area contributed by atoms with E-state index in [0.29, 0.717) is 24.2 Å². The number of halogens is 2. The van der Waals surface area contributed by atoms with Gasteiger partial charge in [0.1, 0.15) is 11.6 Å². The normalized spacial score (nSPS) is 15.4. The number of likely N-dealkylation sites (tertiary alicyclic amines) is 1. The molecule has 2 aliphatic heterocycles. The Balaban J connectivity index is 1.04. The quantitative estimate of drug-likeness (QED) is 0.228. The van der Waals surface area contributed by atoms with Gasteiger partial charge in [0.2, 0.25) is 0 Å². The van der Waals surface area contributed by atoms with Gasteiger partial charge in [-0.1, -0.05) is 35.0 Å². The first kappa shape index (κ1) is 27.4. The molecule has 2 aromatic heterocycles. The van der Waals surface area contributed by atoms with Gasteiger partial charge in [0.15, 0.2) is 5.58 Å². The molecule has 1 fully saturated rings. The van der Waals surface area contributed by atoms with E-state index in [0.717, 1.165) is 71.2 Å². The molecule has 9 heteroatoms. The van der Waals surface area contributed by atoms with E-state index in [4.69, 9.17) is 21.1 Å². The van der Waals surface area contributed by atoms with E-state index in [1.54, 1.807) is 6.07 Å². The summed E-state index contributed by atoms with van der Waals surface area (Å²) >= 11 is 6.29. The van der Waals surface area contributed by atoms with E-state index in [1.165, 1.54) is 23.3 Å². The van der Waals surface area contributed by atoms with Gasteiger partial charge in [-0.05, 0) is 78.9 Å². The summed E-state index contributed by atoms with van der Waals surface area (Å²) in [6, 6.07) is 20.5. The van der Waals surface area contributed by atoms with E-state index in [2.05, 4.69) is 34.4 Å². The van der Waals surface area contributed by atoms with Crippen molar-refractivity contribution in [2.45, 2.75) is 32.2 Å². The van der Waals surface area contributed by atoms with Gasteiger partial charge in [0.25, 0.3) is 5.91 Å². The van der Waals surface area contributed by atoms with Crippen LogP contribution in [0.15, 0.2) is 77.4 Å². The molecule has 5 aromatic rings. The molecule has 0 aliphatic carbocycles. The highest BCUT2D eigenvalue weighted by molar-refractivity contribution is 6.30. The second-order valence-corrected chi connectivity index (χ2v) is 11.8. The number of amides is 1. The highest BCUT2D eigenvalue weighted by Crippen LogP contribution is 2.35. The van der Waals surface area contributed by atoms with Crippen molar-refractivity contribution in [2.75, 3.05) is 36.4 Å². The number of piperidine rings is 1. The number of hydrogen-bond donors (Lipinski definition) is 1. The molecule has 1 saturated heterocycles. The summed E-state index contributed by atoms with van der Waals surface area (Å²) < 4.78 is 18.9. The van der Waals surface area contributed by atoms with Crippen LogP contribution in [0.1, 0.15) is 45.9 Å². The molecule has 0 unspecified atom stereocenters. The third-order valence-corrected chi connectivity index (χ3v) is 8.89. The van der Waals surface area contributed by atoms with Crippen molar-refractivity contribution >= 4 is 40.0 Å². The van der Waals surface area contributed by atoms with Crippen molar-refractivity contribution in [3.8, 4) is 11.1 Å². The summed E-state index contributed by atoms with van der Waals surface area (Å²) in [5.41, 5.74) is 7.43. The fraction of sp³-hybridized carbons (Fsp3) is 0.265. The van der Waals surface area contributed by atoms with Crippen molar-refractivity contribution < 1.29 is 13.7 Å². The molecule has 1 amide bonds. The van der Waals surface area contributed by atoms with Crippen molar-refractivity contribution in [3.05, 3.63) is 106 Å². The van der Waals surface area contributed by atoms with Crippen LogP contribution in [0.5, 0.6) is 0 Å². The van der Waals surface area contributed by atoms with Crippen molar-refractivity contribution in [1.29, 1.82) is 0 Å².